The van der Waals surface area contributed by atoms with Crippen molar-refractivity contribution in [3.05, 3.63) is 192 Å². The molecule has 1 unspecified atom stereocenters. The molecule has 0 aliphatic rings. The molecule has 4 N–H and O–H groups in total. The van der Waals surface area contributed by atoms with Crippen LogP contribution in [0.5, 0.6) is 0 Å². The van der Waals surface area contributed by atoms with Crippen molar-refractivity contribution in [2.75, 3.05) is 11.9 Å². The SMILES string of the molecule is O=C(O)CC(NC(=O)[C@H](CCC(c1ccccc1)(c1ccccc1)c1ccccc1)NC(=O)CCCCNc1ccccn1)c1ccc(-c2ccccc2)cc1. The number of carbonyl (C=O) groups is 3. The van der Waals surface area contributed by atoms with Gasteiger partial charge in [-0.25, -0.2) is 4.98 Å². The van der Waals surface area contributed by atoms with Gasteiger partial charge in [0, 0.05) is 24.6 Å². The minimum Gasteiger partial charge on any atom is -0.481 e. The summed E-state index contributed by atoms with van der Waals surface area (Å²) in [6.45, 7) is 0.655. The summed E-state index contributed by atoms with van der Waals surface area (Å²) >= 11 is 0. The molecule has 0 bridgehead atoms. The third-order valence-electron chi connectivity index (χ3n) is 10.2. The minimum absolute atomic E-state index is 0.231. The van der Waals surface area contributed by atoms with Crippen molar-refractivity contribution in [2.24, 2.45) is 0 Å². The molecule has 56 heavy (non-hydrogen) atoms. The molecule has 284 valence electrons. The highest BCUT2D eigenvalue weighted by molar-refractivity contribution is 5.88. The van der Waals surface area contributed by atoms with E-state index in [1.165, 1.54) is 0 Å². The molecular formula is C48H48N4O4. The van der Waals surface area contributed by atoms with Gasteiger partial charge < -0.3 is 21.1 Å². The van der Waals surface area contributed by atoms with Gasteiger partial charge in [0.1, 0.15) is 11.9 Å². The number of carboxylic acids is 1. The van der Waals surface area contributed by atoms with Gasteiger partial charge >= 0.3 is 5.97 Å². The van der Waals surface area contributed by atoms with Gasteiger partial charge in [-0.2, -0.15) is 0 Å². The van der Waals surface area contributed by atoms with Gasteiger partial charge in [-0.1, -0.05) is 152 Å². The van der Waals surface area contributed by atoms with Gasteiger partial charge in [0.25, 0.3) is 0 Å². The summed E-state index contributed by atoms with van der Waals surface area (Å²) < 4.78 is 0. The quantitative estimate of drug-likeness (QED) is 0.0486. The molecule has 2 atom stereocenters. The van der Waals surface area contributed by atoms with E-state index in [1.807, 2.05) is 127 Å². The molecule has 8 nitrogen and oxygen atoms in total. The zero-order valence-electron chi connectivity index (χ0n) is 31.4. The molecule has 1 aromatic heterocycles. The fraction of sp³-hybridized carbons (Fsp3) is 0.208. The summed E-state index contributed by atoms with van der Waals surface area (Å²) in [6, 6.07) is 52.1. The van der Waals surface area contributed by atoms with Crippen molar-refractivity contribution in [3.63, 3.8) is 0 Å². The summed E-state index contributed by atoms with van der Waals surface area (Å²) in [4.78, 5) is 44.5. The number of rotatable bonds is 19. The summed E-state index contributed by atoms with van der Waals surface area (Å²) in [6.07, 6.45) is 3.74. The second kappa shape index (κ2) is 19.7. The number of hydrogen-bond donors (Lipinski definition) is 4. The first-order valence-corrected chi connectivity index (χ1v) is 19.2. The summed E-state index contributed by atoms with van der Waals surface area (Å²) in [5.41, 5.74) is 5.21. The maximum Gasteiger partial charge on any atom is 0.305 e. The van der Waals surface area contributed by atoms with E-state index < -0.39 is 29.4 Å². The first-order valence-electron chi connectivity index (χ1n) is 19.2. The molecule has 1 heterocycles. The number of carbonyl (C=O) groups excluding carboxylic acids is 2. The Morgan fingerprint density at radius 2 is 1.14 bits per heavy atom. The normalized spacial score (nSPS) is 12.2. The molecule has 0 aliphatic carbocycles. The number of pyridine rings is 1. The molecular weight excluding hydrogens is 697 g/mol. The largest absolute Gasteiger partial charge is 0.481 e. The Morgan fingerprint density at radius 1 is 0.607 bits per heavy atom. The molecule has 0 aliphatic heterocycles. The van der Waals surface area contributed by atoms with Crippen LogP contribution >= 0.6 is 0 Å². The molecule has 6 aromatic rings. The minimum atomic E-state index is -1.04. The standard InChI is InChI=1S/C48H48N4O4/c53-45(26-14-16-34-50-44-25-13-15-33-49-44)51-42(47(56)52-43(35-46(54)55)38-29-27-37(28-30-38)36-17-5-1-6-18-36)31-32-48(39-19-7-2-8-20-39,40-21-9-3-10-22-40)41-23-11-4-12-24-41/h1-13,15,17-25,27-30,33,42-43H,14,16,26,31-32,34-35H2,(H,49,50)(H,51,53)(H,52,56)(H,54,55)/t42-,43?/m0/s1. The lowest BCUT2D eigenvalue weighted by Crippen LogP contribution is -2.48. The zero-order chi connectivity index (χ0) is 39.0. The predicted molar refractivity (Wildman–Crippen MR) is 222 cm³/mol. The van der Waals surface area contributed by atoms with Gasteiger partial charge in [0.15, 0.2) is 0 Å². The van der Waals surface area contributed by atoms with E-state index in [0.29, 0.717) is 24.9 Å². The Balaban J connectivity index is 1.27. The van der Waals surface area contributed by atoms with E-state index in [-0.39, 0.29) is 25.2 Å². The Morgan fingerprint density at radius 3 is 1.68 bits per heavy atom. The molecule has 8 heteroatoms. The van der Waals surface area contributed by atoms with E-state index in [1.54, 1.807) is 6.20 Å². The van der Waals surface area contributed by atoms with Crippen molar-refractivity contribution < 1.29 is 19.5 Å². The van der Waals surface area contributed by atoms with E-state index in [4.69, 9.17) is 0 Å². The van der Waals surface area contributed by atoms with Crippen LogP contribution in [0.15, 0.2) is 170 Å². The van der Waals surface area contributed by atoms with Crippen LogP contribution < -0.4 is 16.0 Å². The van der Waals surface area contributed by atoms with Gasteiger partial charge in [-0.15, -0.1) is 0 Å². The number of nitrogens with zero attached hydrogens (tertiary/aromatic N) is 1. The Labute approximate surface area is 329 Å². The average Bonchev–Trinajstić information content (AvgIpc) is 3.25. The smallest absolute Gasteiger partial charge is 0.305 e. The van der Waals surface area contributed by atoms with Crippen LogP contribution in [0.2, 0.25) is 0 Å². The molecule has 5 aromatic carbocycles. The molecule has 0 saturated heterocycles. The Hall–Kier alpha value is -6.54. The Kier molecular flexibility index (Phi) is 13.8. The summed E-state index contributed by atoms with van der Waals surface area (Å²) in [5.74, 6) is -0.942. The fourth-order valence-corrected chi connectivity index (χ4v) is 7.33. The number of nitrogens with one attached hydrogen (secondary N) is 3. The number of amides is 2. The topological polar surface area (TPSA) is 120 Å². The van der Waals surface area contributed by atoms with Crippen molar-refractivity contribution in [1.82, 2.24) is 15.6 Å². The summed E-state index contributed by atoms with van der Waals surface area (Å²) in [5, 5.41) is 19.3. The van der Waals surface area contributed by atoms with Gasteiger partial charge in [-0.05, 0) is 71.2 Å². The molecule has 6 rings (SSSR count). The lowest BCUT2D eigenvalue weighted by Gasteiger charge is -2.37. The highest BCUT2D eigenvalue weighted by Crippen LogP contribution is 2.43. The van der Waals surface area contributed by atoms with Crippen LogP contribution in [0.4, 0.5) is 5.82 Å². The molecule has 0 spiro atoms. The monoisotopic (exact) mass is 744 g/mol. The van der Waals surface area contributed by atoms with Crippen LogP contribution in [-0.4, -0.2) is 40.5 Å². The van der Waals surface area contributed by atoms with E-state index in [0.717, 1.165) is 40.1 Å². The molecule has 0 radical (unpaired) electrons. The van der Waals surface area contributed by atoms with E-state index >= 15 is 0 Å². The third kappa shape index (κ3) is 10.4. The van der Waals surface area contributed by atoms with E-state index in [9.17, 15) is 19.5 Å². The highest BCUT2D eigenvalue weighted by atomic mass is 16.4. The van der Waals surface area contributed by atoms with Crippen molar-refractivity contribution in [2.45, 2.75) is 56.0 Å². The predicted octanol–water partition coefficient (Wildman–Crippen LogP) is 8.96. The maximum atomic E-state index is 14.5. The van der Waals surface area contributed by atoms with Crippen LogP contribution in [0.1, 0.15) is 66.8 Å². The van der Waals surface area contributed by atoms with Gasteiger partial charge in [-0.3, -0.25) is 14.4 Å². The number of benzene rings is 5. The lowest BCUT2D eigenvalue weighted by atomic mass is 9.66. The number of aromatic nitrogens is 1. The second-order valence-electron chi connectivity index (χ2n) is 13.9. The lowest BCUT2D eigenvalue weighted by molar-refractivity contribution is -0.138. The van der Waals surface area contributed by atoms with Crippen molar-refractivity contribution >= 4 is 23.6 Å². The fourth-order valence-electron chi connectivity index (χ4n) is 7.33. The Bertz CT molecular complexity index is 2020. The molecule has 0 saturated carbocycles. The van der Waals surface area contributed by atoms with Crippen molar-refractivity contribution in [1.29, 1.82) is 0 Å². The first-order chi connectivity index (χ1) is 27.4. The average molecular weight is 745 g/mol. The number of carboxylic acid groups (broad SMARTS) is 1. The highest BCUT2D eigenvalue weighted by Gasteiger charge is 2.38. The van der Waals surface area contributed by atoms with Crippen molar-refractivity contribution in [3.8, 4) is 11.1 Å². The number of aliphatic carboxylic acids is 1. The van der Waals surface area contributed by atoms with Crippen LogP contribution in [0.25, 0.3) is 11.1 Å². The number of unbranched alkanes of at least 4 members (excludes halogenated alkanes) is 1. The van der Waals surface area contributed by atoms with Gasteiger partial charge in [0.2, 0.25) is 11.8 Å². The maximum absolute atomic E-state index is 14.5. The van der Waals surface area contributed by atoms with Crippen LogP contribution in [0.3, 0.4) is 0 Å². The van der Waals surface area contributed by atoms with Crippen LogP contribution in [-0.2, 0) is 19.8 Å². The van der Waals surface area contributed by atoms with E-state index in [2.05, 4.69) is 57.3 Å². The second-order valence-corrected chi connectivity index (χ2v) is 13.9. The molecule has 2 amide bonds. The molecule has 0 fully saturated rings. The van der Waals surface area contributed by atoms with Gasteiger partial charge in [0.05, 0.1) is 12.5 Å². The van der Waals surface area contributed by atoms with Crippen LogP contribution in [0, 0.1) is 0 Å². The first kappa shape index (κ1) is 39.2. The zero-order valence-corrected chi connectivity index (χ0v) is 31.4. The summed E-state index contributed by atoms with van der Waals surface area (Å²) in [7, 11) is 0. The number of hydrogen-bond acceptors (Lipinski definition) is 5. The number of anilines is 1. The third-order valence-corrected chi connectivity index (χ3v) is 10.2.